The van der Waals surface area contributed by atoms with Crippen molar-refractivity contribution in [2.75, 3.05) is 6.61 Å². The highest BCUT2D eigenvalue weighted by molar-refractivity contribution is 5.22. The molecule has 2 fully saturated rings. The van der Waals surface area contributed by atoms with E-state index in [9.17, 15) is 0 Å². The number of aromatic nitrogens is 3. The summed E-state index contributed by atoms with van der Waals surface area (Å²) in [6, 6.07) is 4.96. The Balaban J connectivity index is 1.48. The molecule has 0 aromatic carbocycles. The fraction of sp³-hybridized carbons (Fsp3) is 0.579. The van der Waals surface area contributed by atoms with E-state index in [1.165, 1.54) is 44.2 Å². The van der Waals surface area contributed by atoms with Crippen LogP contribution in [0.3, 0.4) is 0 Å². The Morgan fingerprint density at radius 3 is 2.87 bits per heavy atom. The smallest absolute Gasteiger partial charge is 0.137 e. The lowest BCUT2D eigenvalue weighted by atomic mass is 9.78. The molecule has 2 atom stereocenters. The Hall–Kier alpha value is -1.84. The third-order valence-corrected chi connectivity index (χ3v) is 5.20. The summed E-state index contributed by atoms with van der Waals surface area (Å²) in [4.78, 5) is 4.22. The van der Waals surface area contributed by atoms with E-state index in [-0.39, 0.29) is 0 Å². The fourth-order valence-electron chi connectivity index (χ4n) is 3.85. The normalized spacial score (nSPS) is 24.6. The predicted octanol–water partition coefficient (Wildman–Crippen LogP) is 4.27. The van der Waals surface area contributed by atoms with Crippen molar-refractivity contribution in [3.63, 3.8) is 0 Å². The fourth-order valence-corrected chi connectivity index (χ4v) is 3.85. The molecule has 2 aliphatic rings. The van der Waals surface area contributed by atoms with E-state index < -0.39 is 0 Å². The minimum atomic E-state index is 0.582. The van der Waals surface area contributed by atoms with E-state index >= 15 is 0 Å². The zero-order valence-electron chi connectivity index (χ0n) is 13.8. The maximum atomic E-state index is 6.08. The van der Waals surface area contributed by atoms with E-state index in [0.29, 0.717) is 17.9 Å². The number of ether oxygens (including phenoxy) is 1. The molecule has 4 rings (SSSR count). The summed E-state index contributed by atoms with van der Waals surface area (Å²) in [6.07, 6.45) is 13.4. The summed E-state index contributed by atoms with van der Waals surface area (Å²) in [5, 5.41) is 4.58. The van der Waals surface area contributed by atoms with Crippen molar-refractivity contribution in [1.29, 1.82) is 0 Å². The van der Waals surface area contributed by atoms with Crippen LogP contribution >= 0.6 is 0 Å². The molecule has 0 N–H and O–H groups in total. The Labute approximate surface area is 137 Å². The highest BCUT2D eigenvalue weighted by atomic mass is 16.5. The summed E-state index contributed by atoms with van der Waals surface area (Å²) in [5.74, 6) is 2.06. The van der Waals surface area contributed by atoms with Gasteiger partial charge in [0.05, 0.1) is 18.8 Å². The SMILES string of the molecule is Cc1cncc(OCC2CCCCC2c2ccnn2C2CC2)c1. The summed E-state index contributed by atoms with van der Waals surface area (Å²) in [6.45, 7) is 2.84. The van der Waals surface area contributed by atoms with Crippen molar-refractivity contribution >= 4 is 0 Å². The standard InChI is InChI=1S/C19H25N3O/c1-14-10-17(12-20-11-14)23-13-15-4-2-3-5-18(15)19-8-9-21-22(19)16-6-7-16/h8-12,15-16,18H,2-7,13H2,1H3. The number of pyridine rings is 1. The Morgan fingerprint density at radius 2 is 2.04 bits per heavy atom. The molecule has 2 heterocycles. The maximum absolute atomic E-state index is 6.08. The van der Waals surface area contributed by atoms with Crippen LogP contribution in [0.25, 0.3) is 0 Å². The van der Waals surface area contributed by atoms with E-state index in [4.69, 9.17) is 4.74 Å². The molecule has 2 unspecified atom stereocenters. The van der Waals surface area contributed by atoms with E-state index in [1.807, 2.05) is 18.6 Å². The Bertz CT molecular complexity index is 662. The van der Waals surface area contributed by atoms with Gasteiger partial charge in [-0.1, -0.05) is 12.8 Å². The molecule has 0 spiro atoms. The zero-order valence-corrected chi connectivity index (χ0v) is 13.8. The number of hydrogen-bond acceptors (Lipinski definition) is 3. The van der Waals surface area contributed by atoms with Crippen LogP contribution in [0.1, 0.15) is 61.7 Å². The Morgan fingerprint density at radius 1 is 1.17 bits per heavy atom. The summed E-state index contributed by atoms with van der Waals surface area (Å²) in [7, 11) is 0. The number of rotatable bonds is 5. The zero-order chi connectivity index (χ0) is 15.6. The van der Waals surface area contributed by atoms with Crippen molar-refractivity contribution < 1.29 is 4.74 Å². The van der Waals surface area contributed by atoms with Crippen LogP contribution in [0.2, 0.25) is 0 Å². The average molecular weight is 311 g/mol. The predicted molar refractivity (Wildman–Crippen MR) is 89.7 cm³/mol. The molecule has 122 valence electrons. The van der Waals surface area contributed by atoms with Gasteiger partial charge in [0.2, 0.25) is 0 Å². The Kier molecular flexibility index (Phi) is 4.06. The van der Waals surface area contributed by atoms with Crippen molar-refractivity contribution in [1.82, 2.24) is 14.8 Å². The molecule has 0 aliphatic heterocycles. The van der Waals surface area contributed by atoms with Gasteiger partial charge in [0.15, 0.2) is 0 Å². The first-order chi connectivity index (χ1) is 11.3. The molecular formula is C19H25N3O. The molecule has 0 radical (unpaired) electrons. The number of aryl methyl sites for hydroxylation is 1. The van der Waals surface area contributed by atoms with Gasteiger partial charge in [0.25, 0.3) is 0 Å². The van der Waals surface area contributed by atoms with Crippen molar-refractivity contribution in [3.8, 4) is 5.75 Å². The summed E-state index contributed by atoms with van der Waals surface area (Å²) in [5.41, 5.74) is 2.58. The molecule has 2 aromatic heterocycles. The van der Waals surface area contributed by atoms with Crippen LogP contribution in [0.5, 0.6) is 5.75 Å². The van der Waals surface area contributed by atoms with Crippen LogP contribution in [0, 0.1) is 12.8 Å². The first-order valence-electron chi connectivity index (χ1n) is 8.89. The minimum Gasteiger partial charge on any atom is -0.492 e. The third-order valence-electron chi connectivity index (χ3n) is 5.20. The molecule has 23 heavy (non-hydrogen) atoms. The van der Waals surface area contributed by atoms with E-state index in [0.717, 1.165) is 17.9 Å². The van der Waals surface area contributed by atoms with Gasteiger partial charge in [-0.15, -0.1) is 0 Å². The van der Waals surface area contributed by atoms with Crippen LogP contribution in [0.15, 0.2) is 30.7 Å². The van der Waals surface area contributed by atoms with Gasteiger partial charge in [-0.2, -0.15) is 5.10 Å². The molecule has 0 amide bonds. The molecule has 2 saturated carbocycles. The lowest BCUT2D eigenvalue weighted by Crippen LogP contribution is -2.26. The highest BCUT2D eigenvalue weighted by Gasteiger charge is 2.33. The van der Waals surface area contributed by atoms with Crippen LogP contribution in [-0.2, 0) is 0 Å². The summed E-state index contributed by atoms with van der Waals surface area (Å²) < 4.78 is 8.37. The third kappa shape index (κ3) is 3.26. The molecule has 2 aliphatic carbocycles. The van der Waals surface area contributed by atoms with E-state index in [1.54, 1.807) is 0 Å². The van der Waals surface area contributed by atoms with Crippen molar-refractivity contribution in [2.24, 2.45) is 5.92 Å². The quantitative estimate of drug-likeness (QED) is 0.827. The van der Waals surface area contributed by atoms with Gasteiger partial charge in [-0.25, -0.2) is 0 Å². The second-order valence-corrected chi connectivity index (χ2v) is 7.09. The average Bonchev–Trinajstić information content (AvgIpc) is 3.30. The van der Waals surface area contributed by atoms with Crippen LogP contribution in [-0.4, -0.2) is 21.4 Å². The maximum Gasteiger partial charge on any atom is 0.137 e. The summed E-state index contributed by atoms with van der Waals surface area (Å²) >= 11 is 0. The van der Waals surface area contributed by atoms with Crippen molar-refractivity contribution in [3.05, 3.63) is 42.0 Å². The lowest BCUT2D eigenvalue weighted by molar-refractivity contribution is 0.181. The topological polar surface area (TPSA) is 39.9 Å². The van der Waals surface area contributed by atoms with Gasteiger partial charge in [-0.3, -0.25) is 9.67 Å². The van der Waals surface area contributed by atoms with Gasteiger partial charge in [0, 0.05) is 29.9 Å². The number of hydrogen-bond donors (Lipinski definition) is 0. The minimum absolute atomic E-state index is 0.582. The monoisotopic (exact) mass is 311 g/mol. The second kappa shape index (κ2) is 6.34. The molecule has 4 heteroatoms. The van der Waals surface area contributed by atoms with Gasteiger partial charge < -0.3 is 4.74 Å². The van der Waals surface area contributed by atoms with Gasteiger partial charge >= 0.3 is 0 Å². The van der Waals surface area contributed by atoms with Gasteiger partial charge in [-0.05, 0) is 50.3 Å². The first-order valence-corrected chi connectivity index (χ1v) is 8.89. The molecule has 2 aromatic rings. The van der Waals surface area contributed by atoms with E-state index in [2.05, 4.69) is 33.8 Å². The lowest BCUT2D eigenvalue weighted by Gasteiger charge is -2.32. The second-order valence-electron chi connectivity index (χ2n) is 7.09. The highest BCUT2D eigenvalue weighted by Crippen LogP contribution is 2.42. The van der Waals surface area contributed by atoms with Crippen molar-refractivity contribution in [2.45, 2.75) is 57.4 Å². The first kappa shape index (κ1) is 14.7. The largest absolute Gasteiger partial charge is 0.492 e. The molecule has 0 saturated heterocycles. The van der Waals surface area contributed by atoms with Crippen LogP contribution in [0.4, 0.5) is 0 Å². The van der Waals surface area contributed by atoms with Crippen LogP contribution < -0.4 is 4.74 Å². The van der Waals surface area contributed by atoms with Gasteiger partial charge in [0.1, 0.15) is 5.75 Å². The number of nitrogens with zero attached hydrogens (tertiary/aromatic N) is 3. The molecular weight excluding hydrogens is 286 g/mol. The molecule has 4 nitrogen and oxygen atoms in total. The molecule has 0 bridgehead atoms.